The molecular formula is C21H37NO. The minimum atomic E-state index is -0.0543. The van der Waals surface area contributed by atoms with Crippen molar-refractivity contribution < 1.29 is 5.11 Å². The van der Waals surface area contributed by atoms with Crippen LogP contribution in [0.5, 0.6) is 5.75 Å². The molecule has 0 aromatic heterocycles. The Morgan fingerprint density at radius 3 is 1.83 bits per heavy atom. The molecule has 0 amide bonds. The van der Waals surface area contributed by atoms with Crippen LogP contribution in [0.15, 0.2) is 12.1 Å². The predicted molar refractivity (Wildman–Crippen MR) is 101 cm³/mol. The van der Waals surface area contributed by atoms with Crippen LogP contribution in [0.4, 0.5) is 0 Å². The van der Waals surface area contributed by atoms with Gasteiger partial charge in [0.2, 0.25) is 0 Å². The van der Waals surface area contributed by atoms with Crippen LogP contribution in [0.1, 0.15) is 90.8 Å². The van der Waals surface area contributed by atoms with E-state index in [1.165, 1.54) is 31.2 Å². The molecule has 0 aliphatic rings. The number of aromatic hydroxyl groups is 1. The summed E-state index contributed by atoms with van der Waals surface area (Å²) in [5, 5.41) is 14.3. The molecule has 0 bridgehead atoms. The van der Waals surface area contributed by atoms with Crippen LogP contribution in [0, 0.1) is 0 Å². The Bertz CT molecular complexity index is 457. The molecule has 1 aromatic carbocycles. The summed E-state index contributed by atoms with van der Waals surface area (Å²) in [6.07, 6.45) is 5.15. The second-order valence-electron chi connectivity index (χ2n) is 8.78. The highest BCUT2D eigenvalue weighted by Crippen LogP contribution is 2.39. The molecule has 2 heteroatoms. The van der Waals surface area contributed by atoms with Crippen molar-refractivity contribution in [2.24, 2.45) is 0 Å². The van der Waals surface area contributed by atoms with Gasteiger partial charge in [-0.05, 0) is 40.5 Å². The Hall–Kier alpha value is -1.02. The normalized spacial score (nSPS) is 12.7. The highest BCUT2D eigenvalue weighted by molar-refractivity contribution is 5.49. The number of hydrogen-bond donors (Lipinski definition) is 2. The van der Waals surface area contributed by atoms with Crippen molar-refractivity contribution in [2.75, 3.05) is 6.54 Å². The summed E-state index contributed by atoms with van der Waals surface area (Å²) in [7, 11) is 0. The van der Waals surface area contributed by atoms with Gasteiger partial charge in [0.25, 0.3) is 0 Å². The topological polar surface area (TPSA) is 32.3 Å². The Labute approximate surface area is 143 Å². The lowest BCUT2D eigenvalue weighted by atomic mass is 9.78. The minimum Gasteiger partial charge on any atom is -0.507 e. The van der Waals surface area contributed by atoms with Gasteiger partial charge in [-0.1, -0.05) is 79.9 Å². The van der Waals surface area contributed by atoms with Gasteiger partial charge in [-0.15, -0.1) is 0 Å². The summed E-state index contributed by atoms with van der Waals surface area (Å²) >= 11 is 0. The molecular weight excluding hydrogens is 282 g/mol. The van der Waals surface area contributed by atoms with Gasteiger partial charge < -0.3 is 10.4 Å². The fourth-order valence-corrected chi connectivity index (χ4v) is 2.85. The second-order valence-corrected chi connectivity index (χ2v) is 8.78. The lowest BCUT2D eigenvalue weighted by Crippen LogP contribution is -2.20. The Balaban J connectivity index is 2.91. The fourth-order valence-electron chi connectivity index (χ4n) is 2.85. The average Bonchev–Trinajstić information content (AvgIpc) is 2.41. The molecule has 0 spiro atoms. The SMILES string of the molecule is CCCCCCNCc1cc(C(C)(C)C)c(O)c(C(C)(C)C)c1. The Morgan fingerprint density at radius 1 is 0.870 bits per heavy atom. The van der Waals surface area contributed by atoms with E-state index in [0.717, 1.165) is 24.2 Å². The molecule has 0 aliphatic carbocycles. The Morgan fingerprint density at radius 2 is 1.39 bits per heavy atom. The highest BCUT2D eigenvalue weighted by atomic mass is 16.3. The third-order valence-corrected chi connectivity index (χ3v) is 4.32. The van der Waals surface area contributed by atoms with Crippen LogP contribution in [-0.4, -0.2) is 11.7 Å². The van der Waals surface area contributed by atoms with Crippen molar-refractivity contribution >= 4 is 0 Å². The molecule has 1 aromatic rings. The summed E-state index contributed by atoms with van der Waals surface area (Å²) in [5.41, 5.74) is 3.26. The summed E-state index contributed by atoms with van der Waals surface area (Å²) in [6.45, 7) is 17.2. The van der Waals surface area contributed by atoms with E-state index in [9.17, 15) is 5.11 Å². The maximum absolute atomic E-state index is 10.7. The summed E-state index contributed by atoms with van der Waals surface area (Å²) in [5.74, 6) is 0.469. The third-order valence-electron chi connectivity index (χ3n) is 4.32. The van der Waals surface area contributed by atoms with Gasteiger partial charge >= 0.3 is 0 Å². The largest absolute Gasteiger partial charge is 0.507 e. The average molecular weight is 320 g/mol. The summed E-state index contributed by atoms with van der Waals surface area (Å²) < 4.78 is 0. The number of nitrogens with one attached hydrogen (secondary N) is 1. The number of rotatable bonds is 7. The quantitative estimate of drug-likeness (QED) is 0.636. The number of phenolic OH excluding ortho intramolecular Hbond substituents is 1. The molecule has 0 atom stereocenters. The smallest absolute Gasteiger partial charge is 0.123 e. The van der Waals surface area contributed by atoms with Gasteiger partial charge in [0.05, 0.1) is 0 Å². The predicted octanol–water partition coefficient (Wildman–Crippen LogP) is 5.66. The van der Waals surface area contributed by atoms with E-state index < -0.39 is 0 Å². The first-order chi connectivity index (χ1) is 10.6. The molecule has 0 fully saturated rings. The van der Waals surface area contributed by atoms with E-state index in [2.05, 4.69) is 65.9 Å². The van der Waals surface area contributed by atoms with E-state index in [0.29, 0.717) is 5.75 Å². The van der Waals surface area contributed by atoms with Crippen molar-refractivity contribution in [1.29, 1.82) is 0 Å². The molecule has 0 saturated heterocycles. The monoisotopic (exact) mass is 319 g/mol. The molecule has 0 unspecified atom stereocenters. The van der Waals surface area contributed by atoms with Gasteiger partial charge in [0.1, 0.15) is 5.75 Å². The first-order valence-corrected chi connectivity index (χ1v) is 9.15. The van der Waals surface area contributed by atoms with Gasteiger partial charge in [-0.3, -0.25) is 0 Å². The third kappa shape index (κ3) is 6.18. The lowest BCUT2D eigenvalue weighted by molar-refractivity contribution is 0.422. The zero-order chi connectivity index (χ0) is 17.7. The lowest BCUT2D eigenvalue weighted by Gasteiger charge is -2.28. The molecule has 23 heavy (non-hydrogen) atoms. The molecule has 2 N–H and O–H groups in total. The van der Waals surface area contributed by atoms with E-state index in [4.69, 9.17) is 0 Å². The maximum atomic E-state index is 10.7. The Kier molecular flexibility index (Phi) is 7.13. The first kappa shape index (κ1) is 20.0. The first-order valence-electron chi connectivity index (χ1n) is 9.15. The van der Waals surface area contributed by atoms with Crippen LogP contribution in [-0.2, 0) is 17.4 Å². The van der Waals surface area contributed by atoms with E-state index >= 15 is 0 Å². The summed E-state index contributed by atoms with van der Waals surface area (Å²) in [4.78, 5) is 0. The highest BCUT2D eigenvalue weighted by Gasteiger charge is 2.26. The molecule has 2 nitrogen and oxygen atoms in total. The van der Waals surface area contributed by atoms with E-state index in [1.54, 1.807) is 0 Å². The molecule has 0 heterocycles. The van der Waals surface area contributed by atoms with Gasteiger partial charge in [-0.25, -0.2) is 0 Å². The minimum absolute atomic E-state index is 0.0543. The van der Waals surface area contributed by atoms with Crippen LogP contribution in [0.3, 0.4) is 0 Å². The number of unbranched alkanes of at least 4 members (excludes halogenated alkanes) is 3. The van der Waals surface area contributed by atoms with Crippen molar-refractivity contribution in [3.05, 3.63) is 28.8 Å². The zero-order valence-corrected chi connectivity index (χ0v) is 16.3. The van der Waals surface area contributed by atoms with Gasteiger partial charge in [0.15, 0.2) is 0 Å². The van der Waals surface area contributed by atoms with Crippen LogP contribution >= 0.6 is 0 Å². The van der Waals surface area contributed by atoms with Crippen LogP contribution in [0.2, 0.25) is 0 Å². The zero-order valence-electron chi connectivity index (χ0n) is 16.3. The van der Waals surface area contributed by atoms with Crippen molar-refractivity contribution in [2.45, 2.75) is 91.5 Å². The molecule has 0 saturated carbocycles. The molecule has 132 valence electrons. The fraction of sp³-hybridized carbons (Fsp3) is 0.714. The maximum Gasteiger partial charge on any atom is 0.123 e. The molecule has 0 aliphatic heterocycles. The summed E-state index contributed by atoms with van der Waals surface area (Å²) in [6, 6.07) is 4.34. The number of benzene rings is 1. The second kappa shape index (κ2) is 8.19. The number of hydrogen-bond acceptors (Lipinski definition) is 2. The van der Waals surface area contributed by atoms with Gasteiger partial charge in [-0.2, -0.15) is 0 Å². The molecule has 0 radical (unpaired) electrons. The van der Waals surface area contributed by atoms with E-state index in [1.807, 2.05) is 0 Å². The van der Waals surface area contributed by atoms with Crippen LogP contribution in [0.25, 0.3) is 0 Å². The van der Waals surface area contributed by atoms with Crippen molar-refractivity contribution in [1.82, 2.24) is 5.32 Å². The van der Waals surface area contributed by atoms with Crippen molar-refractivity contribution in [3.8, 4) is 5.75 Å². The van der Waals surface area contributed by atoms with E-state index in [-0.39, 0.29) is 10.8 Å². The van der Waals surface area contributed by atoms with Crippen molar-refractivity contribution in [3.63, 3.8) is 0 Å². The van der Waals surface area contributed by atoms with Gasteiger partial charge in [0, 0.05) is 6.54 Å². The standard InChI is InChI=1S/C21H37NO/c1-8-9-10-11-12-22-15-16-13-17(20(2,3)4)19(23)18(14-16)21(5,6)7/h13-14,22-23H,8-12,15H2,1-7H3. The number of phenols is 1. The van der Waals surface area contributed by atoms with Crippen LogP contribution < -0.4 is 5.32 Å². The molecule has 1 rings (SSSR count).